The van der Waals surface area contributed by atoms with Crippen LogP contribution in [0.2, 0.25) is 0 Å². The number of amides is 1. The zero-order valence-corrected chi connectivity index (χ0v) is 17.7. The van der Waals surface area contributed by atoms with Gasteiger partial charge in [-0.15, -0.1) is 0 Å². The number of nitrogens with zero attached hydrogens (tertiary/aromatic N) is 1. The molecule has 1 fully saturated rings. The Morgan fingerprint density at radius 2 is 1.77 bits per heavy atom. The lowest BCUT2D eigenvalue weighted by molar-refractivity contribution is -0.128. The van der Waals surface area contributed by atoms with E-state index in [2.05, 4.69) is 5.32 Å². The van der Waals surface area contributed by atoms with Gasteiger partial charge in [0.15, 0.2) is 6.10 Å². The lowest BCUT2D eigenvalue weighted by Gasteiger charge is -2.35. The second-order valence-corrected chi connectivity index (χ2v) is 9.49. The van der Waals surface area contributed by atoms with E-state index in [9.17, 15) is 13.2 Å². The third kappa shape index (κ3) is 4.09. The number of hydrogen-bond acceptors (Lipinski definition) is 5. The third-order valence-electron chi connectivity index (χ3n) is 5.63. The van der Waals surface area contributed by atoms with E-state index in [1.54, 1.807) is 36.4 Å². The molecule has 1 atom stereocenters. The molecule has 1 amide bonds. The highest BCUT2D eigenvalue weighted by atomic mass is 32.2. The standard InChI is InChI=1S/C22H26N2O5S/c1-28-17-11-13-18(14-12-17)30(26,27)24-15-21(29-20-10-6-5-9-19(20)24)22(25)23-16-7-3-2-4-8-16/h5-6,9-14,16,21H,2-4,7-8,15H2,1H3,(H,23,25)/t21-/m0/s1. The minimum Gasteiger partial charge on any atom is -0.497 e. The van der Waals surface area contributed by atoms with Crippen LogP contribution in [0.15, 0.2) is 53.4 Å². The van der Waals surface area contributed by atoms with Gasteiger partial charge in [0.1, 0.15) is 11.5 Å². The summed E-state index contributed by atoms with van der Waals surface area (Å²) in [4.78, 5) is 13.0. The maximum atomic E-state index is 13.4. The molecule has 1 heterocycles. The van der Waals surface area contributed by atoms with E-state index >= 15 is 0 Å². The maximum Gasteiger partial charge on any atom is 0.264 e. The average molecular weight is 431 g/mol. The van der Waals surface area contributed by atoms with Crippen LogP contribution < -0.4 is 19.1 Å². The summed E-state index contributed by atoms with van der Waals surface area (Å²) in [6.07, 6.45) is 4.36. The van der Waals surface area contributed by atoms with Crippen LogP contribution in [-0.4, -0.2) is 40.1 Å². The molecule has 4 rings (SSSR count). The number of sulfonamides is 1. The van der Waals surface area contributed by atoms with E-state index in [0.29, 0.717) is 17.2 Å². The summed E-state index contributed by atoms with van der Waals surface area (Å²) in [6, 6.07) is 13.2. The topological polar surface area (TPSA) is 84.9 Å². The molecule has 1 aliphatic carbocycles. The second-order valence-electron chi connectivity index (χ2n) is 7.63. The highest BCUT2D eigenvalue weighted by Gasteiger charge is 2.38. The van der Waals surface area contributed by atoms with Crippen molar-refractivity contribution in [1.29, 1.82) is 0 Å². The number of carbonyl (C=O) groups excluding carboxylic acids is 1. The van der Waals surface area contributed by atoms with Crippen LogP contribution in [-0.2, 0) is 14.8 Å². The number of hydrogen-bond donors (Lipinski definition) is 1. The predicted octanol–water partition coefficient (Wildman–Crippen LogP) is 3.10. The largest absolute Gasteiger partial charge is 0.497 e. The van der Waals surface area contributed by atoms with Crippen molar-refractivity contribution in [3.8, 4) is 11.5 Å². The van der Waals surface area contributed by atoms with Crippen LogP contribution >= 0.6 is 0 Å². The van der Waals surface area contributed by atoms with Crippen LogP contribution in [0.5, 0.6) is 11.5 Å². The maximum absolute atomic E-state index is 13.4. The van der Waals surface area contributed by atoms with Crippen molar-refractivity contribution >= 4 is 21.6 Å². The molecule has 0 radical (unpaired) electrons. The van der Waals surface area contributed by atoms with Gasteiger partial charge in [-0.2, -0.15) is 0 Å². The van der Waals surface area contributed by atoms with Crippen molar-refractivity contribution in [2.75, 3.05) is 18.0 Å². The number of carbonyl (C=O) groups is 1. The van der Waals surface area contributed by atoms with E-state index in [1.165, 1.54) is 30.0 Å². The number of methoxy groups -OCH3 is 1. The number of anilines is 1. The Hall–Kier alpha value is -2.74. The first-order valence-electron chi connectivity index (χ1n) is 10.2. The average Bonchev–Trinajstić information content (AvgIpc) is 2.79. The zero-order chi connectivity index (χ0) is 21.1. The van der Waals surface area contributed by atoms with Gasteiger partial charge < -0.3 is 14.8 Å². The van der Waals surface area contributed by atoms with Gasteiger partial charge in [-0.1, -0.05) is 31.4 Å². The number of para-hydroxylation sites is 2. The van der Waals surface area contributed by atoms with Crippen LogP contribution in [0.1, 0.15) is 32.1 Å². The summed E-state index contributed by atoms with van der Waals surface area (Å²) in [5, 5.41) is 3.04. The summed E-state index contributed by atoms with van der Waals surface area (Å²) in [5.41, 5.74) is 0.426. The molecular weight excluding hydrogens is 404 g/mol. The Morgan fingerprint density at radius 3 is 2.47 bits per heavy atom. The molecule has 0 unspecified atom stereocenters. The first kappa shape index (κ1) is 20.5. The Kier molecular flexibility index (Phi) is 5.85. The van der Waals surface area contributed by atoms with Crippen LogP contribution in [0.25, 0.3) is 0 Å². The summed E-state index contributed by atoms with van der Waals surface area (Å²) in [6.45, 7) is -0.0794. The fraction of sp³-hybridized carbons (Fsp3) is 0.409. The molecule has 8 heteroatoms. The number of rotatable bonds is 5. The molecule has 1 aliphatic heterocycles. The van der Waals surface area contributed by atoms with Crippen molar-refractivity contribution in [2.45, 2.75) is 49.1 Å². The molecule has 30 heavy (non-hydrogen) atoms. The smallest absolute Gasteiger partial charge is 0.264 e. The first-order chi connectivity index (χ1) is 14.5. The number of nitrogens with one attached hydrogen (secondary N) is 1. The number of fused-ring (bicyclic) bond motifs is 1. The van der Waals surface area contributed by atoms with Gasteiger partial charge >= 0.3 is 0 Å². The molecule has 160 valence electrons. The van der Waals surface area contributed by atoms with Crippen molar-refractivity contribution in [3.63, 3.8) is 0 Å². The van der Waals surface area contributed by atoms with Gasteiger partial charge in [0.05, 0.1) is 24.2 Å². The summed E-state index contributed by atoms with van der Waals surface area (Å²) in [5.74, 6) is 0.678. The van der Waals surface area contributed by atoms with Crippen molar-refractivity contribution < 1.29 is 22.7 Å². The minimum absolute atomic E-state index is 0.0794. The molecule has 2 aliphatic rings. The molecule has 0 bridgehead atoms. The van der Waals surface area contributed by atoms with Gasteiger partial charge in [-0.3, -0.25) is 9.10 Å². The van der Waals surface area contributed by atoms with E-state index < -0.39 is 16.1 Å². The van der Waals surface area contributed by atoms with E-state index in [4.69, 9.17) is 9.47 Å². The number of benzene rings is 2. The normalized spacial score (nSPS) is 19.5. The SMILES string of the molecule is COc1ccc(S(=O)(=O)N2C[C@@H](C(=O)NC3CCCCC3)Oc3ccccc32)cc1. The Labute approximate surface area is 177 Å². The minimum atomic E-state index is -3.88. The van der Waals surface area contributed by atoms with E-state index in [-0.39, 0.29) is 23.4 Å². The molecule has 7 nitrogen and oxygen atoms in total. The number of ether oxygens (including phenoxy) is 2. The van der Waals surface area contributed by atoms with Gasteiger partial charge in [-0.25, -0.2) is 8.42 Å². The highest BCUT2D eigenvalue weighted by Crippen LogP contribution is 2.37. The highest BCUT2D eigenvalue weighted by molar-refractivity contribution is 7.92. The molecule has 2 aromatic rings. The zero-order valence-electron chi connectivity index (χ0n) is 16.9. The Bertz CT molecular complexity index is 1000. The lowest BCUT2D eigenvalue weighted by atomic mass is 9.95. The molecular formula is C22H26N2O5S. The van der Waals surface area contributed by atoms with Crippen LogP contribution in [0.3, 0.4) is 0 Å². The van der Waals surface area contributed by atoms with Crippen LogP contribution in [0.4, 0.5) is 5.69 Å². The van der Waals surface area contributed by atoms with Crippen LogP contribution in [0, 0.1) is 0 Å². The lowest BCUT2D eigenvalue weighted by Crippen LogP contribution is -2.52. The van der Waals surface area contributed by atoms with Crippen molar-refractivity contribution in [2.24, 2.45) is 0 Å². The summed E-state index contributed by atoms with van der Waals surface area (Å²) < 4.78 is 39.1. The predicted molar refractivity (Wildman–Crippen MR) is 113 cm³/mol. The fourth-order valence-corrected chi connectivity index (χ4v) is 5.46. The van der Waals surface area contributed by atoms with Gasteiger partial charge in [0.25, 0.3) is 15.9 Å². The monoisotopic (exact) mass is 430 g/mol. The quantitative estimate of drug-likeness (QED) is 0.788. The Balaban J connectivity index is 1.61. The molecule has 0 aromatic heterocycles. The van der Waals surface area contributed by atoms with Gasteiger partial charge in [0, 0.05) is 6.04 Å². The second kappa shape index (κ2) is 8.55. The first-order valence-corrected chi connectivity index (χ1v) is 11.7. The van der Waals surface area contributed by atoms with Crippen molar-refractivity contribution in [1.82, 2.24) is 5.32 Å². The molecule has 0 saturated heterocycles. The van der Waals surface area contributed by atoms with Gasteiger partial charge in [0.2, 0.25) is 0 Å². The fourth-order valence-electron chi connectivity index (χ4n) is 3.98. The molecule has 0 spiro atoms. The summed E-state index contributed by atoms with van der Waals surface area (Å²) >= 11 is 0. The van der Waals surface area contributed by atoms with Crippen molar-refractivity contribution in [3.05, 3.63) is 48.5 Å². The third-order valence-corrected chi connectivity index (χ3v) is 7.42. The molecule has 2 aromatic carbocycles. The summed E-state index contributed by atoms with van der Waals surface area (Å²) in [7, 11) is -2.36. The Morgan fingerprint density at radius 1 is 1.07 bits per heavy atom. The van der Waals surface area contributed by atoms with Gasteiger partial charge in [-0.05, 0) is 49.2 Å². The molecule has 1 saturated carbocycles. The van der Waals surface area contributed by atoms with E-state index in [1.807, 2.05) is 0 Å². The van der Waals surface area contributed by atoms with E-state index in [0.717, 1.165) is 25.7 Å². The molecule has 1 N–H and O–H groups in total.